The van der Waals surface area contributed by atoms with Crippen LogP contribution in [0, 0.1) is 17.0 Å². The second-order valence-electron chi connectivity index (χ2n) is 4.07. The number of hydrogen-bond donors (Lipinski definition) is 2. The minimum atomic E-state index is -0.472. The normalized spacial score (nSPS) is 10.3. The maximum absolute atomic E-state index is 11.2. The smallest absolute Gasteiger partial charge is 0.353 e. The molecule has 0 bridgehead atoms. The first-order valence-electron chi connectivity index (χ1n) is 6.14. The maximum atomic E-state index is 11.2. The largest absolute Gasteiger partial charge is 0.364 e. The van der Waals surface area contributed by atoms with Gasteiger partial charge in [-0.3, -0.25) is 10.1 Å². The van der Waals surface area contributed by atoms with E-state index >= 15 is 0 Å². The Morgan fingerprint density at radius 2 is 2.00 bits per heavy atom. The molecular formula is C12H15N5O2S. The van der Waals surface area contributed by atoms with Crippen LogP contribution >= 0.6 is 11.3 Å². The molecule has 2 aromatic rings. The molecule has 106 valence electrons. The second kappa shape index (κ2) is 6.29. The van der Waals surface area contributed by atoms with Crippen LogP contribution in [-0.4, -0.2) is 21.4 Å². The van der Waals surface area contributed by atoms with Gasteiger partial charge in [-0.2, -0.15) is 0 Å². The summed E-state index contributed by atoms with van der Waals surface area (Å²) in [5, 5.41) is 17.1. The van der Waals surface area contributed by atoms with E-state index in [4.69, 9.17) is 0 Å². The van der Waals surface area contributed by atoms with Crippen LogP contribution in [-0.2, 0) is 6.54 Å². The number of thiophene rings is 1. The molecule has 0 saturated carbocycles. The highest BCUT2D eigenvalue weighted by molar-refractivity contribution is 7.11. The molecule has 0 aromatic carbocycles. The lowest BCUT2D eigenvalue weighted by Crippen LogP contribution is -2.09. The molecule has 0 saturated heterocycles. The summed E-state index contributed by atoms with van der Waals surface area (Å²) in [6.45, 7) is 4.93. The van der Waals surface area contributed by atoms with Crippen molar-refractivity contribution in [3.63, 3.8) is 0 Å². The summed E-state index contributed by atoms with van der Waals surface area (Å²) in [6, 6.07) is 4.01. The number of aromatic nitrogens is 2. The summed E-state index contributed by atoms with van der Waals surface area (Å²) in [5.74, 6) is 0.462. The van der Waals surface area contributed by atoms with Gasteiger partial charge in [0, 0.05) is 16.3 Å². The lowest BCUT2D eigenvalue weighted by atomic mass is 10.4. The lowest BCUT2D eigenvalue weighted by molar-refractivity contribution is -0.383. The minimum absolute atomic E-state index is 0.123. The van der Waals surface area contributed by atoms with E-state index in [0.717, 1.165) is 4.88 Å². The van der Waals surface area contributed by atoms with E-state index in [2.05, 4.69) is 20.6 Å². The van der Waals surface area contributed by atoms with E-state index in [1.54, 1.807) is 11.3 Å². The summed E-state index contributed by atoms with van der Waals surface area (Å²) in [7, 11) is 0. The van der Waals surface area contributed by atoms with Crippen molar-refractivity contribution in [2.45, 2.75) is 20.4 Å². The number of anilines is 2. The van der Waals surface area contributed by atoms with E-state index in [1.807, 2.05) is 26.0 Å². The van der Waals surface area contributed by atoms with Crippen LogP contribution in [0.4, 0.5) is 17.3 Å². The third kappa shape index (κ3) is 3.21. The van der Waals surface area contributed by atoms with E-state index in [9.17, 15) is 10.1 Å². The molecule has 2 rings (SSSR count). The molecule has 20 heavy (non-hydrogen) atoms. The average Bonchev–Trinajstić information content (AvgIpc) is 2.82. The molecule has 8 heteroatoms. The second-order valence-corrected chi connectivity index (χ2v) is 5.45. The number of nitro groups is 1. The summed E-state index contributed by atoms with van der Waals surface area (Å²) in [4.78, 5) is 20.9. The van der Waals surface area contributed by atoms with Crippen molar-refractivity contribution in [2.75, 3.05) is 17.2 Å². The Balaban J connectivity index is 2.22. The number of nitrogens with zero attached hydrogens (tertiary/aromatic N) is 3. The van der Waals surface area contributed by atoms with Gasteiger partial charge in [-0.1, -0.05) is 0 Å². The van der Waals surface area contributed by atoms with Crippen molar-refractivity contribution in [2.24, 2.45) is 0 Å². The molecule has 0 fully saturated rings. The van der Waals surface area contributed by atoms with Gasteiger partial charge in [0.2, 0.25) is 11.6 Å². The van der Waals surface area contributed by atoms with Crippen LogP contribution in [0.1, 0.15) is 16.7 Å². The number of rotatable bonds is 6. The Bertz CT molecular complexity index is 614. The first-order chi connectivity index (χ1) is 9.61. The zero-order chi connectivity index (χ0) is 14.5. The zero-order valence-corrected chi connectivity index (χ0v) is 12.0. The van der Waals surface area contributed by atoms with Crippen LogP contribution in [0.25, 0.3) is 0 Å². The third-order valence-corrected chi connectivity index (χ3v) is 3.58. The highest BCUT2D eigenvalue weighted by atomic mass is 32.1. The quantitative estimate of drug-likeness (QED) is 0.628. The van der Waals surface area contributed by atoms with Gasteiger partial charge in [0.05, 0.1) is 11.5 Å². The molecule has 0 aliphatic rings. The van der Waals surface area contributed by atoms with Crippen molar-refractivity contribution < 1.29 is 4.92 Å². The Morgan fingerprint density at radius 3 is 2.55 bits per heavy atom. The third-order valence-electron chi connectivity index (χ3n) is 2.58. The van der Waals surface area contributed by atoms with Gasteiger partial charge < -0.3 is 10.6 Å². The topological polar surface area (TPSA) is 93.0 Å². The van der Waals surface area contributed by atoms with Gasteiger partial charge in [0.15, 0.2) is 0 Å². The Labute approximate surface area is 120 Å². The fourth-order valence-electron chi connectivity index (χ4n) is 1.73. The lowest BCUT2D eigenvalue weighted by Gasteiger charge is -2.08. The van der Waals surface area contributed by atoms with Crippen molar-refractivity contribution in [3.05, 3.63) is 38.3 Å². The molecule has 2 heterocycles. The summed E-state index contributed by atoms with van der Waals surface area (Å²) in [6.07, 6.45) is 1.31. The first kappa shape index (κ1) is 14.2. The molecule has 2 N–H and O–H groups in total. The number of nitrogens with one attached hydrogen (secondary N) is 2. The summed E-state index contributed by atoms with van der Waals surface area (Å²) >= 11 is 1.64. The van der Waals surface area contributed by atoms with Crippen LogP contribution < -0.4 is 10.6 Å². The molecular weight excluding hydrogens is 278 g/mol. The van der Waals surface area contributed by atoms with Crippen LogP contribution in [0.2, 0.25) is 0 Å². The van der Waals surface area contributed by atoms with Crippen LogP contribution in [0.3, 0.4) is 0 Å². The predicted molar refractivity (Wildman–Crippen MR) is 79.2 cm³/mol. The number of aryl methyl sites for hydroxylation is 1. The van der Waals surface area contributed by atoms with Crippen LogP contribution in [0.5, 0.6) is 0 Å². The fraction of sp³-hybridized carbons (Fsp3) is 0.333. The summed E-state index contributed by atoms with van der Waals surface area (Å²) in [5.41, 5.74) is -0.123. The van der Waals surface area contributed by atoms with E-state index < -0.39 is 4.92 Å². The Morgan fingerprint density at radius 1 is 1.30 bits per heavy atom. The highest BCUT2D eigenvalue weighted by Gasteiger charge is 2.22. The monoisotopic (exact) mass is 293 g/mol. The average molecular weight is 293 g/mol. The zero-order valence-electron chi connectivity index (χ0n) is 11.2. The van der Waals surface area contributed by atoms with Crippen molar-refractivity contribution >= 4 is 28.7 Å². The van der Waals surface area contributed by atoms with Crippen molar-refractivity contribution in [3.8, 4) is 0 Å². The van der Waals surface area contributed by atoms with Gasteiger partial charge in [-0.25, -0.2) is 9.97 Å². The van der Waals surface area contributed by atoms with Crippen LogP contribution in [0.15, 0.2) is 18.5 Å². The summed E-state index contributed by atoms with van der Waals surface area (Å²) < 4.78 is 0. The van der Waals surface area contributed by atoms with Crippen molar-refractivity contribution in [1.82, 2.24) is 9.97 Å². The van der Waals surface area contributed by atoms with Crippen molar-refractivity contribution in [1.29, 1.82) is 0 Å². The number of hydrogen-bond acceptors (Lipinski definition) is 7. The van der Waals surface area contributed by atoms with Gasteiger partial charge >= 0.3 is 5.69 Å². The molecule has 0 aliphatic carbocycles. The minimum Gasteiger partial charge on any atom is -0.364 e. The van der Waals surface area contributed by atoms with E-state index in [1.165, 1.54) is 11.2 Å². The SMILES string of the molecule is CCNc1ncnc(NCc2ccc(C)s2)c1[N+](=O)[O-]. The fourth-order valence-corrected chi connectivity index (χ4v) is 2.56. The molecule has 0 unspecified atom stereocenters. The van der Waals surface area contributed by atoms with Gasteiger partial charge in [0.25, 0.3) is 0 Å². The van der Waals surface area contributed by atoms with E-state index in [0.29, 0.717) is 13.1 Å². The maximum Gasteiger partial charge on any atom is 0.353 e. The molecule has 0 radical (unpaired) electrons. The predicted octanol–water partition coefficient (Wildman–Crippen LogP) is 2.80. The molecule has 0 spiro atoms. The molecule has 0 aliphatic heterocycles. The standard InChI is InChI=1S/C12H15N5O2S/c1-3-13-11-10(17(18)19)12(16-7-15-11)14-6-9-5-4-8(2)20-9/h4-5,7H,3,6H2,1-2H3,(H2,13,14,15,16). The van der Waals surface area contributed by atoms with E-state index in [-0.39, 0.29) is 17.3 Å². The molecule has 2 aromatic heterocycles. The Kier molecular flexibility index (Phi) is 4.46. The van der Waals surface area contributed by atoms with Gasteiger partial charge in [-0.05, 0) is 26.0 Å². The first-order valence-corrected chi connectivity index (χ1v) is 6.96. The molecule has 7 nitrogen and oxygen atoms in total. The molecule has 0 atom stereocenters. The Hall–Kier alpha value is -2.22. The highest BCUT2D eigenvalue weighted by Crippen LogP contribution is 2.29. The molecule has 0 amide bonds. The van der Waals surface area contributed by atoms with Gasteiger partial charge in [0.1, 0.15) is 6.33 Å². The van der Waals surface area contributed by atoms with Gasteiger partial charge in [-0.15, -0.1) is 11.3 Å².